The summed E-state index contributed by atoms with van der Waals surface area (Å²) >= 11 is 0. The summed E-state index contributed by atoms with van der Waals surface area (Å²) in [7, 11) is 1.64. The van der Waals surface area contributed by atoms with Gasteiger partial charge in [0.25, 0.3) is 0 Å². The lowest BCUT2D eigenvalue weighted by molar-refractivity contribution is 0.0679. The van der Waals surface area contributed by atoms with E-state index in [1.165, 1.54) is 29.5 Å². The van der Waals surface area contributed by atoms with E-state index in [2.05, 4.69) is 35.7 Å². The van der Waals surface area contributed by atoms with Crippen LogP contribution in [0.15, 0.2) is 30.3 Å². The second-order valence-corrected chi connectivity index (χ2v) is 6.32. The van der Waals surface area contributed by atoms with Crippen LogP contribution in [0.4, 0.5) is 0 Å². The monoisotopic (exact) mass is 287 g/mol. The Labute approximate surface area is 127 Å². The maximum atomic E-state index is 10.1. The minimum atomic E-state index is -0.420. The number of benzene rings is 1. The predicted octanol–water partition coefficient (Wildman–Crippen LogP) is 2.49. The van der Waals surface area contributed by atoms with Crippen molar-refractivity contribution in [3.8, 4) is 0 Å². The summed E-state index contributed by atoms with van der Waals surface area (Å²) < 4.78 is 5.06. The first-order valence-corrected chi connectivity index (χ1v) is 7.92. The van der Waals surface area contributed by atoms with Crippen LogP contribution in [-0.4, -0.2) is 38.0 Å². The van der Waals surface area contributed by atoms with Gasteiger partial charge in [-0.05, 0) is 49.1 Å². The molecule has 0 aromatic heterocycles. The fraction of sp³-hybridized carbons (Fsp3) is 0.556. The molecule has 2 N–H and O–H groups in total. The van der Waals surface area contributed by atoms with Crippen LogP contribution in [-0.2, 0) is 10.2 Å². The number of hydrogen-bond donors (Lipinski definition) is 2. The average molecular weight is 287 g/mol. The van der Waals surface area contributed by atoms with Gasteiger partial charge >= 0.3 is 0 Å². The molecule has 114 valence electrons. The van der Waals surface area contributed by atoms with Gasteiger partial charge in [0.2, 0.25) is 0 Å². The SMILES string of the molecule is COCC(O)CC1=CCC2(CCNCC2)c2ccccc21. The molecule has 0 bridgehead atoms. The van der Waals surface area contributed by atoms with Gasteiger partial charge in [0.05, 0.1) is 12.7 Å². The molecular formula is C18H25NO2. The van der Waals surface area contributed by atoms with Crippen molar-refractivity contribution in [2.45, 2.75) is 37.2 Å². The molecule has 2 aliphatic rings. The van der Waals surface area contributed by atoms with E-state index in [0.717, 1.165) is 19.5 Å². The molecule has 0 radical (unpaired) electrons. The van der Waals surface area contributed by atoms with Gasteiger partial charge in [0.15, 0.2) is 0 Å². The number of hydrogen-bond acceptors (Lipinski definition) is 3. The lowest BCUT2D eigenvalue weighted by Gasteiger charge is -2.42. The van der Waals surface area contributed by atoms with Gasteiger partial charge in [-0.2, -0.15) is 0 Å². The number of fused-ring (bicyclic) bond motifs is 2. The van der Waals surface area contributed by atoms with Crippen molar-refractivity contribution in [2.24, 2.45) is 0 Å². The maximum absolute atomic E-state index is 10.1. The standard InChI is InChI=1S/C18H25NO2/c1-21-13-15(20)12-14-6-7-18(8-10-19-11-9-18)17-5-3-2-4-16(14)17/h2-6,15,19-20H,7-13H2,1H3. The second kappa shape index (κ2) is 6.30. The number of ether oxygens (including phenoxy) is 1. The number of aliphatic hydroxyl groups excluding tert-OH is 1. The highest BCUT2D eigenvalue weighted by molar-refractivity contribution is 5.72. The van der Waals surface area contributed by atoms with Gasteiger partial charge in [-0.3, -0.25) is 0 Å². The molecule has 3 nitrogen and oxygen atoms in total. The Hall–Kier alpha value is -1.16. The lowest BCUT2D eigenvalue weighted by atomic mass is 9.65. The van der Waals surface area contributed by atoms with Crippen molar-refractivity contribution in [1.82, 2.24) is 5.32 Å². The summed E-state index contributed by atoms with van der Waals surface area (Å²) in [5, 5.41) is 13.5. The quantitative estimate of drug-likeness (QED) is 0.894. The van der Waals surface area contributed by atoms with Crippen LogP contribution in [0.5, 0.6) is 0 Å². The zero-order valence-corrected chi connectivity index (χ0v) is 12.8. The van der Waals surface area contributed by atoms with Crippen LogP contribution in [0.25, 0.3) is 5.57 Å². The van der Waals surface area contributed by atoms with E-state index in [4.69, 9.17) is 4.74 Å². The maximum Gasteiger partial charge on any atom is 0.0813 e. The van der Waals surface area contributed by atoms with Crippen LogP contribution in [0.3, 0.4) is 0 Å². The topological polar surface area (TPSA) is 41.5 Å². The van der Waals surface area contributed by atoms with E-state index in [1.54, 1.807) is 7.11 Å². The highest BCUT2D eigenvalue weighted by Gasteiger charge is 2.37. The van der Waals surface area contributed by atoms with E-state index in [-0.39, 0.29) is 0 Å². The number of nitrogens with one attached hydrogen (secondary N) is 1. The largest absolute Gasteiger partial charge is 0.390 e. The van der Waals surface area contributed by atoms with Crippen molar-refractivity contribution in [1.29, 1.82) is 0 Å². The van der Waals surface area contributed by atoms with Crippen LogP contribution < -0.4 is 5.32 Å². The van der Waals surface area contributed by atoms with Gasteiger partial charge in [-0.1, -0.05) is 30.3 Å². The van der Waals surface area contributed by atoms with E-state index in [1.807, 2.05) is 0 Å². The number of rotatable bonds is 4. The molecule has 21 heavy (non-hydrogen) atoms. The second-order valence-electron chi connectivity index (χ2n) is 6.32. The molecule has 0 amide bonds. The molecular weight excluding hydrogens is 262 g/mol. The number of piperidine rings is 1. The van der Waals surface area contributed by atoms with Crippen molar-refractivity contribution in [3.63, 3.8) is 0 Å². The molecule has 1 saturated heterocycles. The van der Waals surface area contributed by atoms with Gasteiger partial charge in [0, 0.05) is 18.9 Å². The molecule has 1 fully saturated rings. The zero-order valence-electron chi connectivity index (χ0n) is 12.8. The summed E-state index contributed by atoms with van der Waals surface area (Å²) in [6, 6.07) is 8.76. The van der Waals surface area contributed by atoms with E-state index >= 15 is 0 Å². The van der Waals surface area contributed by atoms with Crippen molar-refractivity contribution < 1.29 is 9.84 Å². The third-order valence-electron chi connectivity index (χ3n) is 4.96. The van der Waals surface area contributed by atoms with Crippen LogP contribution in [0, 0.1) is 0 Å². The van der Waals surface area contributed by atoms with Crippen molar-refractivity contribution in [2.75, 3.05) is 26.8 Å². The van der Waals surface area contributed by atoms with Crippen LogP contribution in [0.1, 0.15) is 36.8 Å². The van der Waals surface area contributed by atoms with Crippen LogP contribution >= 0.6 is 0 Å². The molecule has 1 spiro atoms. The summed E-state index contributed by atoms with van der Waals surface area (Å²) in [5.41, 5.74) is 4.39. The Kier molecular flexibility index (Phi) is 4.43. The zero-order chi connectivity index (χ0) is 14.7. The molecule has 1 aromatic rings. The molecule has 1 aromatic carbocycles. The Morgan fingerprint density at radius 3 is 2.81 bits per heavy atom. The van der Waals surface area contributed by atoms with E-state index in [0.29, 0.717) is 18.4 Å². The van der Waals surface area contributed by atoms with Gasteiger partial charge in [-0.25, -0.2) is 0 Å². The number of aliphatic hydroxyl groups is 1. The number of allylic oxidation sites excluding steroid dienone is 1. The van der Waals surface area contributed by atoms with Gasteiger partial charge in [-0.15, -0.1) is 0 Å². The minimum absolute atomic E-state index is 0.303. The van der Waals surface area contributed by atoms with Crippen molar-refractivity contribution >= 4 is 5.57 Å². The molecule has 0 saturated carbocycles. The molecule has 1 aliphatic carbocycles. The third kappa shape index (κ3) is 2.91. The Bertz CT molecular complexity index is 518. The van der Waals surface area contributed by atoms with E-state index < -0.39 is 6.10 Å². The third-order valence-corrected chi connectivity index (χ3v) is 4.96. The molecule has 1 heterocycles. The summed E-state index contributed by atoms with van der Waals surface area (Å²) in [6.45, 7) is 2.60. The predicted molar refractivity (Wildman–Crippen MR) is 85.3 cm³/mol. The summed E-state index contributed by atoms with van der Waals surface area (Å²) in [6.07, 6.45) is 6.12. The average Bonchev–Trinajstić information content (AvgIpc) is 2.52. The van der Waals surface area contributed by atoms with Crippen molar-refractivity contribution in [3.05, 3.63) is 41.5 Å². The highest BCUT2D eigenvalue weighted by atomic mass is 16.5. The number of methoxy groups -OCH3 is 1. The van der Waals surface area contributed by atoms with Gasteiger partial charge < -0.3 is 15.2 Å². The molecule has 3 heteroatoms. The molecule has 1 unspecified atom stereocenters. The Morgan fingerprint density at radius 1 is 1.29 bits per heavy atom. The Morgan fingerprint density at radius 2 is 2.05 bits per heavy atom. The fourth-order valence-electron chi connectivity index (χ4n) is 3.84. The van der Waals surface area contributed by atoms with E-state index in [9.17, 15) is 5.11 Å². The smallest absolute Gasteiger partial charge is 0.0813 e. The first-order valence-electron chi connectivity index (χ1n) is 7.92. The fourth-order valence-corrected chi connectivity index (χ4v) is 3.84. The Balaban J connectivity index is 1.89. The highest BCUT2D eigenvalue weighted by Crippen LogP contribution is 2.45. The van der Waals surface area contributed by atoms with Crippen LogP contribution in [0.2, 0.25) is 0 Å². The van der Waals surface area contributed by atoms with Gasteiger partial charge in [0.1, 0.15) is 0 Å². The minimum Gasteiger partial charge on any atom is -0.390 e. The first kappa shape index (κ1) is 14.8. The lowest BCUT2D eigenvalue weighted by Crippen LogP contribution is -2.41. The normalized spacial score (nSPS) is 21.7. The summed E-state index contributed by atoms with van der Waals surface area (Å²) in [4.78, 5) is 0. The molecule has 3 rings (SSSR count). The molecule has 1 atom stereocenters. The summed E-state index contributed by atoms with van der Waals surface area (Å²) in [5.74, 6) is 0. The molecule has 1 aliphatic heterocycles. The first-order chi connectivity index (χ1) is 10.2.